The van der Waals surface area contributed by atoms with E-state index in [-0.39, 0.29) is 6.10 Å². The highest BCUT2D eigenvalue weighted by Crippen LogP contribution is 2.20. The summed E-state index contributed by atoms with van der Waals surface area (Å²) in [6, 6.07) is 3.64. The predicted octanol–water partition coefficient (Wildman–Crippen LogP) is 0.551. The van der Waals surface area contributed by atoms with E-state index in [1.807, 2.05) is 6.07 Å². The fourth-order valence-corrected chi connectivity index (χ4v) is 2.11. The Morgan fingerprint density at radius 2 is 2.56 bits per heavy atom. The van der Waals surface area contributed by atoms with Crippen LogP contribution >= 0.6 is 0 Å². The molecule has 1 fully saturated rings. The van der Waals surface area contributed by atoms with E-state index < -0.39 is 11.4 Å². The van der Waals surface area contributed by atoms with Crippen LogP contribution in [0.4, 0.5) is 0 Å². The fourth-order valence-electron chi connectivity index (χ4n) is 2.11. The molecule has 3 N–H and O–H groups in total. The van der Waals surface area contributed by atoms with Crippen molar-refractivity contribution >= 4 is 5.91 Å². The minimum Gasteiger partial charge on any atom is -0.377 e. The molecule has 2 atom stereocenters. The van der Waals surface area contributed by atoms with Crippen molar-refractivity contribution in [2.24, 2.45) is 5.73 Å². The number of nitrogens with one attached hydrogen (secondary N) is 1. The molecule has 5 heteroatoms. The zero-order valence-electron chi connectivity index (χ0n) is 10.6. The number of aromatic nitrogens is 1. The zero-order valence-corrected chi connectivity index (χ0v) is 10.6. The summed E-state index contributed by atoms with van der Waals surface area (Å²) in [4.78, 5) is 15.8. The molecule has 2 rings (SSSR count). The molecule has 18 heavy (non-hydrogen) atoms. The minimum atomic E-state index is -0.903. The molecule has 1 amide bonds. The Hall–Kier alpha value is -1.46. The molecule has 0 radical (unpaired) electrons. The summed E-state index contributed by atoms with van der Waals surface area (Å²) in [5.41, 5.74) is 5.39. The van der Waals surface area contributed by atoms with Crippen LogP contribution in [-0.4, -0.2) is 30.1 Å². The van der Waals surface area contributed by atoms with Crippen LogP contribution < -0.4 is 11.1 Å². The molecule has 2 unspecified atom stereocenters. The van der Waals surface area contributed by atoms with Gasteiger partial charge < -0.3 is 10.5 Å². The van der Waals surface area contributed by atoms with E-state index in [2.05, 4.69) is 10.3 Å². The largest absolute Gasteiger partial charge is 0.377 e. The third-order valence-electron chi connectivity index (χ3n) is 3.44. The summed E-state index contributed by atoms with van der Waals surface area (Å²) in [7, 11) is 0. The Morgan fingerprint density at radius 3 is 3.11 bits per heavy atom. The Labute approximate surface area is 107 Å². The average molecular weight is 249 g/mol. The molecule has 0 aliphatic carbocycles. The molecular weight excluding hydrogens is 230 g/mol. The molecule has 1 aromatic rings. The van der Waals surface area contributed by atoms with Crippen LogP contribution in [0.3, 0.4) is 0 Å². The lowest BCUT2D eigenvalue weighted by Crippen LogP contribution is -2.52. The number of ether oxygens (including phenoxy) is 1. The number of hydrogen-bond acceptors (Lipinski definition) is 4. The van der Waals surface area contributed by atoms with Gasteiger partial charge in [0, 0.05) is 25.5 Å². The zero-order chi connectivity index (χ0) is 13.0. The van der Waals surface area contributed by atoms with Crippen LogP contribution in [0.15, 0.2) is 24.5 Å². The number of primary amides is 1. The first-order valence-electron chi connectivity index (χ1n) is 6.20. The Kier molecular flexibility index (Phi) is 3.93. The summed E-state index contributed by atoms with van der Waals surface area (Å²) in [5.74, 6) is -0.409. The second kappa shape index (κ2) is 5.46. The SMILES string of the molecule is CC(NCC1CCCO1)(C(N)=O)c1cccnc1. The molecule has 1 aliphatic heterocycles. The van der Waals surface area contributed by atoms with Gasteiger partial charge in [0.2, 0.25) is 5.91 Å². The second-order valence-corrected chi connectivity index (χ2v) is 4.75. The monoisotopic (exact) mass is 249 g/mol. The lowest BCUT2D eigenvalue weighted by atomic mass is 9.92. The standard InChI is InChI=1S/C13H19N3O2/c1-13(12(14)17,10-4-2-6-15-8-10)16-9-11-5-3-7-18-11/h2,4,6,8,11,16H,3,5,7,9H2,1H3,(H2,14,17). The first-order valence-corrected chi connectivity index (χ1v) is 6.20. The van der Waals surface area contributed by atoms with Gasteiger partial charge in [-0.25, -0.2) is 0 Å². The highest BCUT2D eigenvalue weighted by atomic mass is 16.5. The Bertz CT molecular complexity index is 404. The van der Waals surface area contributed by atoms with E-state index in [4.69, 9.17) is 10.5 Å². The smallest absolute Gasteiger partial charge is 0.242 e. The molecule has 5 nitrogen and oxygen atoms in total. The quantitative estimate of drug-likeness (QED) is 0.799. The molecule has 1 aliphatic rings. The maximum absolute atomic E-state index is 11.7. The van der Waals surface area contributed by atoms with E-state index in [1.165, 1.54) is 0 Å². The molecule has 1 saturated heterocycles. The van der Waals surface area contributed by atoms with Crippen LogP contribution in [0, 0.1) is 0 Å². The van der Waals surface area contributed by atoms with Crippen molar-refractivity contribution in [1.82, 2.24) is 10.3 Å². The number of nitrogens with two attached hydrogens (primary N) is 1. The van der Waals surface area contributed by atoms with Gasteiger partial charge in [0.25, 0.3) is 0 Å². The van der Waals surface area contributed by atoms with Gasteiger partial charge in [0.1, 0.15) is 5.54 Å². The maximum Gasteiger partial charge on any atom is 0.242 e. The van der Waals surface area contributed by atoms with Crippen LogP contribution in [-0.2, 0) is 15.1 Å². The average Bonchev–Trinajstić information content (AvgIpc) is 2.90. The van der Waals surface area contributed by atoms with E-state index in [1.54, 1.807) is 25.4 Å². The topological polar surface area (TPSA) is 77.2 Å². The molecule has 98 valence electrons. The lowest BCUT2D eigenvalue weighted by Gasteiger charge is -2.29. The number of carbonyl (C=O) groups excluding carboxylic acids is 1. The van der Waals surface area contributed by atoms with Crippen LogP contribution in [0.2, 0.25) is 0 Å². The van der Waals surface area contributed by atoms with Gasteiger partial charge >= 0.3 is 0 Å². The highest BCUT2D eigenvalue weighted by Gasteiger charge is 2.34. The number of amides is 1. The van der Waals surface area contributed by atoms with Crippen LogP contribution in [0.25, 0.3) is 0 Å². The summed E-state index contributed by atoms with van der Waals surface area (Å²) >= 11 is 0. The Morgan fingerprint density at radius 1 is 1.72 bits per heavy atom. The summed E-state index contributed by atoms with van der Waals surface area (Å²) in [6.07, 6.45) is 5.60. The first-order chi connectivity index (χ1) is 8.63. The van der Waals surface area contributed by atoms with Gasteiger partial charge in [-0.1, -0.05) is 6.07 Å². The number of hydrogen-bond donors (Lipinski definition) is 2. The highest BCUT2D eigenvalue weighted by molar-refractivity contribution is 5.85. The number of pyridine rings is 1. The molecule has 0 spiro atoms. The van der Waals surface area contributed by atoms with Crippen molar-refractivity contribution in [3.05, 3.63) is 30.1 Å². The second-order valence-electron chi connectivity index (χ2n) is 4.75. The van der Waals surface area contributed by atoms with Gasteiger partial charge in [0.05, 0.1) is 6.10 Å². The van der Waals surface area contributed by atoms with E-state index in [9.17, 15) is 4.79 Å². The summed E-state index contributed by atoms with van der Waals surface area (Å²) in [6.45, 7) is 3.20. The molecule has 0 bridgehead atoms. The maximum atomic E-state index is 11.7. The van der Waals surface area contributed by atoms with E-state index in [0.717, 1.165) is 25.0 Å². The van der Waals surface area contributed by atoms with Crippen molar-refractivity contribution in [2.45, 2.75) is 31.4 Å². The van der Waals surface area contributed by atoms with E-state index in [0.29, 0.717) is 6.54 Å². The number of carbonyl (C=O) groups is 1. The van der Waals surface area contributed by atoms with Crippen molar-refractivity contribution in [1.29, 1.82) is 0 Å². The van der Waals surface area contributed by atoms with Crippen LogP contribution in [0.1, 0.15) is 25.3 Å². The van der Waals surface area contributed by atoms with Gasteiger partial charge in [-0.05, 0) is 31.4 Å². The van der Waals surface area contributed by atoms with Crippen molar-refractivity contribution < 1.29 is 9.53 Å². The van der Waals surface area contributed by atoms with Crippen molar-refractivity contribution in [3.8, 4) is 0 Å². The molecule has 0 aromatic carbocycles. The molecule has 0 saturated carbocycles. The van der Waals surface area contributed by atoms with Crippen molar-refractivity contribution in [3.63, 3.8) is 0 Å². The van der Waals surface area contributed by atoms with Gasteiger partial charge in [0.15, 0.2) is 0 Å². The number of nitrogens with zero attached hydrogens (tertiary/aromatic N) is 1. The lowest BCUT2D eigenvalue weighted by molar-refractivity contribution is -0.124. The normalized spacial score (nSPS) is 22.6. The van der Waals surface area contributed by atoms with Gasteiger partial charge in [-0.2, -0.15) is 0 Å². The van der Waals surface area contributed by atoms with Crippen LogP contribution in [0.5, 0.6) is 0 Å². The number of rotatable bonds is 5. The Balaban J connectivity index is 2.09. The molecule has 2 heterocycles. The van der Waals surface area contributed by atoms with E-state index >= 15 is 0 Å². The molecular formula is C13H19N3O2. The third kappa shape index (κ3) is 2.68. The van der Waals surface area contributed by atoms with Crippen molar-refractivity contribution in [2.75, 3.05) is 13.2 Å². The predicted molar refractivity (Wildman–Crippen MR) is 67.8 cm³/mol. The summed E-state index contributed by atoms with van der Waals surface area (Å²) in [5, 5.41) is 3.21. The minimum absolute atomic E-state index is 0.167. The first kappa shape index (κ1) is 13.0. The van der Waals surface area contributed by atoms with Gasteiger partial charge in [-0.3, -0.25) is 15.1 Å². The summed E-state index contributed by atoms with van der Waals surface area (Å²) < 4.78 is 5.53. The fraction of sp³-hybridized carbons (Fsp3) is 0.538. The molecule has 1 aromatic heterocycles. The van der Waals surface area contributed by atoms with Gasteiger partial charge in [-0.15, -0.1) is 0 Å². The third-order valence-corrected chi connectivity index (χ3v) is 3.44.